The van der Waals surface area contributed by atoms with Gasteiger partial charge in [0.15, 0.2) is 5.96 Å². The third kappa shape index (κ3) is 6.21. The van der Waals surface area contributed by atoms with Crippen molar-refractivity contribution in [3.05, 3.63) is 71.4 Å². The van der Waals surface area contributed by atoms with Gasteiger partial charge in [-0.3, -0.25) is 9.67 Å². The Morgan fingerprint density at radius 2 is 2.00 bits per heavy atom. The summed E-state index contributed by atoms with van der Waals surface area (Å²) in [5, 5.41) is 14.9. The highest BCUT2D eigenvalue weighted by atomic mass is 127. The maximum Gasteiger partial charge on any atom is 0.191 e. The zero-order valence-corrected chi connectivity index (χ0v) is 20.3. The Bertz CT molecular complexity index is 902. The molecule has 0 radical (unpaired) electrons. The average molecular weight is 536 g/mol. The molecule has 4 rings (SSSR count). The predicted octanol–water partition coefficient (Wildman–Crippen LogP) is 3.94. The summed E-state index contributed by atoms with van der Waals surface area (Å²) >= 11 is 1.82. The number of nitrogens with one attached hydrogen (secondary N) is 2. The smallest absolute Gasteiger partial charge is 0.191 e. The number of anilines is 1. The van der Waals surface area contributed by atoms with E-state index in [1.165, 1.54) is 16.1 Å². The van der Waals surface area contributed by atoms with E-state index in [1.54, 1.807) is 0 Å². The monoisotopic (exact) mass is 536 g/mol. The lowest BCUT2D eigenvalue weighted by atomic mass is 10.1. The number of halogens is 1. The molecule has 1 aliphatic heterocycles. The first kappa shape index (κ1) is 22.6. The Kier molecular flexibility index (Phi) is 8.56. The molecule has 0 atom stereocenters. The molecular formula is C22H29IN6S. The van der Waals surface area contributed by atoms with Crippen LogP contribution in [0.1, 0.15) is 24.0 Å². The van der Waals surface area contributed by atoms with E-state index in [2.05, 4.69) is 67.4 Å². The largest absolute Gasteiger partial charge is 0.363 e. The van der Waals surface area contributed by atoms with Crippen molar-refractivity contribution in [3.8, 4) is 0 Å². The summed E-state index contributed by atoms with van der Waals surface area (Å²) in [5.74, 6) is 0.872. The summed E-state index contributed by atoms with van der Waals surface area (Å²) < 4.78 is 1.94. The standard InChI is InChI=1S/C22H28N6S.HI/c1-23-22(26-20-8-12-27(13-9-20)21-7-3-14-29-21)24-16-18-5-2-6-19(15-18)17-28-11-4-10-25-28;/h2-7,10-11,14-15,20H,8-9,12-13,16-17H2,1H3,(H2,23,24,26);1H. The Balaban J connectivity index is 0.00000256. The zero-order chi connectivity index (χ0) is 19.9. The minimum absolute atomic E-state index is 0. The second-order valence-corrected chi connectivity index (χ2v) is 8.23. The second-order valence-electron chi connectivity index (χ2n) is 7.31. The van der Waals surface area contributed by atoms with Crippen molar-refractivity contribution >= 4 is 46.3 Å². The topological polar surface area (TPSA) is 57.5 Å². The van der Waals surface area contributed by atoms with Gasteiger partial charge in [-0.2, -0.15) is 5.10 Å². The van der Waals surface area contributed by atoms with E-state index in [0.717, 1.165) is 45.0 Å². The van der Waals surface area contributed by atoms with Crippen LogP contribution < -0.4 is 15.5 Å². The Morgan fingerprint density at radius 3 is 2.70 bits per heavy atom. The number of guanidine groups is 1. The van der Waals surface area contributed by atoms with Gasteiger partial charge in [0, 0.05) is 45.1 Å². The van der Waals surface area contributed by atoms with Gasteiger partial charge in [-0.15, -0.1) is 35.3 Å². The second kappa shape index (κ2) is 11.4. The third-order valence-corrected chi connectivity index (χ3v) is 6.16. The molecule has 30 heavy (non-hydrogen) atoms. The first-order chi connectivity index (χ1) is 14.3. The molecule has 1 fully saturated rings. The summed E-state index contributed by atoms with van der Waals surface area (Å²) in [6, 6.07) is 15.4. The van der Waals surface area contributed by atoms with E-state index in [0.29, 0.717) is 6.04 Å². The normalized spacial score (nSPS) is 15.0. The highest BCUT2D eigenvalue weighted by Gasteiger charge is 2.20. The minimum Gasteiger partial charge on any atom is -0.363 e. The predicted molar refractivity (Wildman–Crippen MR) is 136 cm³/mol. The first-order valence-electron chi connectivity index (χ1n) is 10.1. The van der Waals surface area contributed by atoms with Crippen molar-refractivity contribution in [2.75, 3.05) is 25.0 Å². The van der Waals surface area contributed by atoms with E-state index < -0.39 is 0 Å². The number of hydrogen-bond acceptors (Lipinski definition) is 4. The fraction of sp³-hybridized carbons (Fsp3) is 0.364. The van der Waals surface area contributed by atoms with Crippen LogP contribution in [0.5, 0.6) is 0 Å². The lowest BCUT2D eigenvalue weighted by molar-refractivity contribution is 0.463. The van der Waals surface area contributed by atoms with Gasteiger partial charge >= 0.3 is 0 Å². The van der Waals surface area contributed by atoms with E-state index in [-0.39, 0.29) is 24.0 Å². The van der Waals surface area contributed by atoms with Crippen molar-refractivity contribution in [1.82, 2.24) is 20.4 Å². The van der Waals surface area contributed by atoms with E-state index in [4.69, 9.17) is 0 Å². The zero-order valence-electron chi connectivity index (χ0n) is 17.2. The third-order valence-electron chi connectivity index (χ3n) is 5.23. The maximum absolute atomic E-state index is 4.42. The summed E-state index contributed by atoms with van der Waals surface area (Å²) in [6.07, 6.45) is 6.04. The fourth-order valence-electron chi connectivity index (χ4n) is 3.69. The van der Waals surface area contributed by atoms with Gasteiger partial charge in [-0.25, -0.2) is 0 Å². The minimum atomic E-state index is 0. The molecule has 0 bridgehead atoms. The quantitative estimate of drug-likeness (QED) is 0.285. The van der Waals surface area contributed by atoms with Crippen LogP contribution in [0.4, 0.5) is 5.00 Å². The summed E-state index contributed by atoms with van der Waals surface area (Å²) in [6.45, 7) is 3.71. The lowest BCUT2D eigenvalue weighted by Gasteiger charge is -2.33. The molecule has 0 spiro atoms. The summed E-state index contributed by atoms with van der Waals surface area (Å²) in [4.78, 5) is 6.89. The van der Waals surface area contributed by atoms with Crippen LogP contribution in [0, 0.1) is 0 Å². The van der Waals surface area contributed by atoms with Crippen LogP contribution in [-0.4, -0.2) is 41.9 Å². The molecule has 2 aromatic heterocycles. The average Bonchev–Trinajstić information content (AvgIpc) is 3.46. The SMILES string of the molecule is CN=C(NCc1cccc(Cn2cccn2)c1)NC1CCN(c2cccs2)CC1.I. The Labute approximate surface area is 199 Å². The molecule has 0 unspecified atom stereocenters. The van der Waals surface area contributed by atoms with Crippen molar-refractivity contribution < 1.29 is 0 Å². The van der Waals surface area contributed by atoms with E-state index in [9.17, 15) is 0 Å². The summed E-state index contributed by atoms with van der Waals surface area (Å²) in [5.41, 5.74) is 2.49. The number of thiophene rings is 1. The molecule has 1 saturated heterocycles. The van der Waals surface area contributed by atoms with Crippen LogP contribution in [0.2, 0.25) is 0 Å². The molecule has 1 aliphatic rings. The molecule has 8 heteroatoms. The molecule has 3 heterocycles. The van der Waals surface area contributed by atoms with Gasteiger partial charge in [-0.1, -0.05) is 24.3 Å². The number of benzene rings is 1. The van der Waals surface area contributed by atoms with Crippen molar-refractivity contribution in [3.63, 3.8) is 0 Å². The number of aromatic nitrogens is 2. The van der Waals surface area contributed by atoms with Gasteiger partial charge in [-0.05, 0) is 47.5 Å². The first-order valence-corrected chi connectivity index (χ1v) is 11.0. The van der Waals surface area contributed by atoms with Crippen LogP contribution in [0.3, 0.4) is 0 Å². The van der Waals surface area contributed by atoms with Gasteiger partial charge in [0.2, 0.25) is 0 Å². The lowest BCUT2D eigenvalue weighted by Crippen LogP contribution is -2.48. The van der Waals surface area contributed by atoms with Gasteiger partial charge in [0.1, 0.15) is 0 Å². The molecule has 1 aromatic carbocycles. The highest BCUT2D eigenvalue weighted by molar-refractivity contribution is 14.0. The van der Waals surface area contributed by atoms with Gasteiger partial charge < -0.3 is 15.5 Å². The fourth-order valence-corrected chi connectivity index (χ4v) is 4.47. The number of aliphatic imine (C=N–C) groups is 1. The number of rotatable bonds is 6. The van der Waals surface area contributed by atoms with E-state index >= 15 is 0 Å². The molecule has 0 saturated carbocycles. The van der Waals surface area contributed by atoms with Crippen molar-refractivity contribution in [2.45, 2.75) is 32.0 Å². The molecule has 0 aliphatic carbocycles. The van der Waals surface area contributed by atoms with Gasteiger partial charge in [0.05, 0.1) is 11.5 Å². The van der Waals surface area contributed by atoms with Crippen molar-refractivity contribution in [1.29, 1.82) is 0 Å². The Hall–Kier alpha value is -2.07. The Morgan fingerprint density at radius 1 is 1.17 bits per heavy atom. The van der Waals surface area contributed by atoms with Crippen LogP contribution in [0.15, 0.2) is 65.2 Å². The molecule has 3 aromatic rings. The number of hydrogen-bond donors (Lipinski definition) is 2. The van der Waals surface area contributed by atoms with Crippen LogP contribution in [0.25, 0.3) is 0 Å². The molecular weight excluding hydrogens is 507 g/mol. The van der Waals surface area contributed by atoms with Crippen molar-refractivity contribution in [2.24, 2.45) is 4.99 Å². The summed E-state index contributed by atoms with van der Waals surface area (Å²) in [7, 11) is 1.84. The van der Waals surface area contributed by atoms with Crippen LogP contribution >= 0.6 is 35.3 Å². The van der Waals surface area contributed by atoms with Crippen LogP contribution in [-0.2, 0) is 13.1 Å². The van der Waals surface area contributed by atoms with E-state index in [1.807, 2.05) is 41.5 Å². The molecule has 6 nitrogen and oxygen atoms in total. The number of nitrogens with zero attached hydrogens (tertiary/aromatic N) is 4. The number of piperidine rings is 1. The molecule has 0 amide bonds. The van der Waals surface area contributed by atoms with Gasteiger partial charge in [0.25, 0.3) is 0 Å². The molecule has 160 valence electrons. The maximum atomic E-state index is 4.42. The molecule has 2 N–H and O–H groups in total. The highest BCUT2D eigenvalue weighted by Crippen LogP contribution is 2.24.